The van der Waals surface area contributed by atoms with E-state index < -0.39 is 11.7 Å². The lowest BCUT2D eigenvalue weighted by Gasteiger charge is -2.58. The average molecular weight is 932 g/mol. The molecule has 374 valence electrons. The number of carbonyl (C=O) groups is 1. The fourth-order valence-electron chi connectivity index (χ4n) is 14.2. The summed E-state index contributed by atoms with van der Waals surface area (Å²) < 4.78 is 24.4. The second-order valence-corrected chi connectivity index (χ2v) is 22.6. The first-order valence-electron chi connectivity index (χ1n) is 27.2. The fourth-order valence-corrected chi connectivity index (χ4v) is 14.2. The van der Waals surface area contributed by atoms with Crippen LogP contribution in [0.15, 0.2) is 90.5 Å². The monoisotopic (exact) mass is 932 g/mol. The largest absolute Gasteiger partial charge is 0.497 e. The van der Waals surface area contributed by atoms with Gasteiger partial charge in [-0.15, -0.1) is 0 Å². The number of unbranched alkanes of at least 4 members (excludes halogenated alkanes) is 4. The van der Waals surface area contributed by atoms with Gasteiger partial charge in [0.15, 0.2) is 0 Å². The smallest absolute Gasteiger partial charge is 0.407 e. The van der Waals surface area contributed by atoms with Gasteiger partial charge in [-0.25, -0.2) is 4.79 Å². The van der Waals surface area contributed by atoms with E-state index in [1.54, 1.807) is 19.8 Å². The first-order chi connectivity index (χ1) is 32.8. The summed E-state index contributed by atoms with van der Waals surface area (Å²) in [5.41, 5.74) is 4.42. The van der Waals surface area contributed by atoms with Gasteiger partial charge in [0, 0.05) is 13.0 Å². The molecule has 3 fully saturated rings. The zero-order valence-corrected chi connectivity index (χ0v) is 43.4. The predicted molar refractivity (Wildman–Crippen MR) is 277 cm³/mol. The molecule has 0 heterocycles. The normalized spacial score (nSPS) is 27.0. The Kier molecular flexibility index (Phi) is 18.3. The van der Waals surface area contributed by atoms with E-state index in [1.807, 2.05) is 30.3 Å². The zero-order valence-electron chi connectivity index (χ0n) is 43.4. The molecule has 1 amide bonds. The number of fused-ring (bicyclic) bond motifs is 5. The van der Waals surface area contributed by atoms with Gasteiger partial charge < -0.3 is 29.4 Å². The van der Waals surface area contributed by atoms with Gasteiger partial charge in [0.1, 0.15) is 23.2 Å². The maximum Gasteiger partial charge on any atom is 0.407 e. The molecule has 3 aromatic carbocycles. The summed E-state index contributed by atoms with van der Waals surface area (Å²) in [6.07, 6.45) is 22.7. The fraction of sp³-hybridized carbons (Fsp3) is 0.656. The molecule has 3 aromatic rings. The summed E-state index contributed by atoms with van der Waals surface area (Å²) >= 11 is 0. The van der Waals surface area contributed by atoms with Gasteiger partial charge in [-0.2, -0.15) is 0 Å². The summed E-state index contributed by atoms with van der Waals surface area (Å²) in [7, 11) is 3.36. The number of amides is 1. The first-order valence-corrected chi connectivity index (χ1v) is 27.2. The van der Waals surface area contributed by atoms with Crippen molar-refractivity contribution in [2.45, 2.75) is 187 Å². The van der Waals surface area contributed by atoms with E-state index in [2.05, 4.69) is 101 Å². The number of methoxy groups -OCH3 is 2. The highest BCUT2D eigenvalue weighted by atomic mass is 16.6. The van der Waals surface area contributed by atoms with Crippen molar-refractivity contribution in [1.29, 1.82) is 0 Å². The van der Waals surface area contributed by atoms with Crippen LogP contribution >= 0.6 is 0 Å². The van der Waals surface area contributed by atoms with Gasteiger partial charge in [0.2, 0.25) is 0 Å². The van der Waals surface area contributed by atoms with Crippen LogP contribution in [0.25, 0.3) is 0 Å². The van der Waals surface area contributed by atoms with Crippen LogP contribution < -0.4 is 14.8 Å². The van der Waals surface area contributed by atoms with E-state index in [0.717, 1.165) is 128 Å². The molecule has 0 aromatic heterocycles. The SMILES string of the molecule is CCC(CC(O)CCCCCCCNC(=O)O[C@H]1CC[C@@]2(C)C(=CC[C@H]3[C@@H]4CC[C@H]([C@H](C)CCCC(C)C)[C@@]4(C)CC[C@@H]32)C1)OC(c1ccccc1)(c1ccc(OC)cc1)c1ccc(OC)cc1. The summed E-state index contributed by atoms with van der Waals surface area (Å²) in [6, 6.07) is 26.6. The van der Waals surface area contributed by atoms with Crippen LogP contribution in [0.5, 0.6) is 11.5 Å². The Morgan fingerprint density at radius 3 is 2.04 bits per heavy atom. The molecule has 3 saturated carbocycles. The number of ether oxygens (including phenoxy) is 4. The number of hydrogen-bond acceptors (Lipinski definition) is 6. The Balaban J connectivity index is 0.826. The molecule has 0 spiro atoms. The molecular formula is C61H89NO6. The molecule has 2 N–H and O–H groups in total. The van der Waals surface area contributed by atoms with E-state index in [1.165, 1.54) is 51.4 Å². The molecule has 0 aliphatic heterocycles. The molecule has 0 bridgehead atoms. The van der Waals surface area contributed by atoms with Gasteiger partial charge in [0.05, 0.1) is 26.4 Å². The number of alkyl carbamates (subject to hydrolysis) is 1. The van der Waals surface area contributed by atoms with E-state index in [4.69, 9.17) is 18.9 Å². The topological polar surface area (TPSA) is 86.3 Å². The van der Waals surface area contributed by atoms with Crippen LogP contribution in [0.4, 0.5) is 4.79 Å². The minimum absolute atomic E-state index is 0.0222. The molecule has 7 rings (SSSR count). The van der Waals surface area contributed by atoms with Crippen molar-refractivity contribution >= 4 is 6.09 Å². The lowest BCUT2D eigenvalue weighted by molar-refractivity contribution is -0.0685. The van der Waals surface area contributed by atoms with E-state index >= 15 is 0 Å². The molecule has 0 saturated heterocycles. The number of allylic oxidation sites excluding steroid dienone is 1. The van der Waals surface area contributed by atoms with Crippen LogP contribution in [-0.4, -0.2) is 50.3 Å². The Morgan fingerprint density at radius 2 is 1.40 bits per heavy atom. The van der Waals surface area contributed by atoms with Crippen LogP contribution in [0.3, 0.4) is 0 Å². The number of aliphatic hydroxyl groups excluding tert-OH is 1. The van der Waals surface area contributed by atoms with Crippen LogP contribution in [0, 0.1) is 46.3 Å². The Morgan fingerprint density at radius 1 is 0.750 bits per heavy atom. The second-order valence-electron chi connectivity index (χ2n) is 22.6. The molecule has 0 radical (unpaired) electrons. The highest BCUT2D eigenvalue weighted by Crippen LogP contribution is 2.67. The quantitative estimate of drug-likeness (QED) is 0.0529. The van der Waals surface area contributed by atoms with Gasteiger partial charge in [-0.3, -0.25) is 0 Å². The van der Waals surface area contributed by atoms with E-state index in [9.17, 15) is 9.90 Å². The van der Waals surface area contributed by atoms with Crippen molar-refractivity contribution in [2.24, 2.45) is 46.3 Å². The molecule has 2 unspecified atom stereocenters. The maximum absolute atomic E-state index is 13.0. The maximum atomic E-state index is 13.0. The highest BCUT2D eigenvalue weighted by molar-refractivity contribution is 5.67. The van der Waals surface area contributed by atoms with Crippen molar-refractivity contribution in [3.8, 4) is 11.5 Å². The molecule has 68 heavy (non-hydrogen) atoms. The molecule has 7 nitrogen and oxygen atoms in total. The molecular weight excluding hydrogens is 843 g/mol. The first kappa shape index (κ1) is 52.0. The number of carbonyl (C=O) groups excluding carboxylic acids is 1. The van der Waals surface area contributed by atoms with Gasteiger partial charge in [-0.05, 0) is 158 Å². The molecule has 4 aliphatic carbocycles. The number of benzene rings is 3. The standard InChI is InChI=1S/C61H89NO6/c1-9-50(68-61(45-21-14-13-15-22-45,46-24-29-51(65-7)30-25-46)47-26-31-52(66-8)32-27-47)42-49(63)23-16-11-10-12-17-40-62-58(64)67-53-36-38-59(5)48(41-53)28-33-54-56-35-34-55(44(4)20-18-19-43(2)3)60(56,6)39-37-57(54)59/h13-15,21-22,24-32,43-44,49-50,53-57,63H,9-12,16-20,23,33-42H2,1-8H3,(H,62,64)/t44-,49?,50?,53+,54+,55-,56+,57+,59+,60-/m1/s1. The third kappa shape index (κ3) is 11.8. The third-order valence-corrected chi connectivity index (χ3v) is 18.0. The van der Waals surface area contributed by atoms with Gasteiger partial charge >= 0.3 is 6.09 Å². The lowest BCUT2D eigenvalue weighted by Crippen LogP contribution is -2.51. The Bertz CT molecular complexity index is 1980. The molecule has 7 heteroatoms. The van der Waals surface area contributed by atoms with Crippen LogP contribution in [0.2, 0.25) is 0 Å². The minimum atomic E-state index is -0.918. The van der Waals surface area contributed by atoms with Gasteiger partial charge in [0.25, 0.3) is 0 Å². The van der Waals surface area contributed by atoms with Crippen LogP contribution in [-0.2, 0) is 15.1 Å². The van der Waals surface area contributed by atoms with Gasteiger partial charge in [-0.1, -0.05) is 153 Å². The second kappa shape index (κ2) is 23.9. The lowest BCUT2D eigenvalue weighted by atomic mass is 9.47. The number of hydrogen-bond donors (Lipinski definition) is 2. The number of aliphatic hydroxyl groups is 1. The van der Waals surface area contributed by atoms with Crippen molar-refractivity contribution < 1.29 is 28.8 Å². The predicted octanol–water partition coefficient (Wildman–Crippen LogP) is 15.0. The Hall–Kier alpha value is -3.81. The number of rotatable bonds is 24. The van der Waals surface area contributed by atoms with Crippen molar-refractivity contribution in [1.82, 2.24) is 5.32 Å². The van der Waals surface area contributed by atoms with Crippen molar-refractivity contribution in [3.63, 3.8) is 0 Å². The zero-order chi connectivity index (χ0) is 48.3. The molecule has 4 aliphatic rings. The van der Waals surface area contributed by atoms with E-state index in [0.29, 0.717) is 18.4 Å². The minimum Gasteiger partial charge on any atom is -0.497 e. The van der Waals surface area contributed by atoms with Crippen molar-refractivity contribution in [2.75, 3.05) is 20.8 Å². The summed E-state index contributed by atoms with van der Waals surface area (Å²) in [5.74, 6) is 6.56. The summed E-state index contributed by atoms with van der Waals surface area (Å²) in [6.45, 7) is 15.3. The summed E-state index contributed by atoms with van der Waals surface area (Å²) in [5, 5.41) is 14.5. The van der Waals surface area contributed by atoms with Crippen LogP contribution in [0.1, 0.15) is 180 Å². The average Bonchev–Trinajstić information content (AvgIpc) is 3.71. The highest BCUT2D eigenvalue weighted by Gasteiger charge is 2.59. The third-order valence-electron chi connectivity index (χ3n) is 18.0. The summed E-state index contributed by atoms with van der Waals surface area (Å²) in [4.78, 5) is 13.0. The number of nitrogens with one attached hydrogen (secondary N) is 1. The Labute approximate surface area is 411 Å². The molecule has 10 atom stereocenters. The van der Waals surface area contributed by atoms with Crippen molar-refractivity contribution in [3.05, 3.63) is 107 Å². The van der Waals surface area contributed by atoms with E-state index in [-0.39, 0.29) is 23.7 Å².